The maximum absolute atomic E-state index is 13.7. The molecule has 1 aromatic heterocycles. The SMILES string of the molecule is Cn1ccc(-c2cccc(C(=O)N3C(=O)c4cc(Br)ccc4OC34CCNCC4)c2)n1. The van der Waals surface area contributed by atoms with Crippen molar-refractivity contribution >= 4 is 27.7 Å². The highest BCUT2D eigenvalue weighted by Gasteiger charge is 2.51. The number of nitrogens with one attached hydrogen (secondary N) is 1. The molecule has 7 nitrogen and oxygen atoms in total. The molecule has 0 radical (unpaired) electrons. The predicted molar refractivity (Wildman–Crippen MR) is 119 cm³/mol. The molecule has 3 aromatic rings. The van der Waals surface area contributed by atoms with Gasteiger partial charge < -0.3 is 10.1 Å². The lowest BCUT2D eigenvalue weighted by molar-refractivity contribution is -0.0776. The van der Waals surface area contributed by atoms with Crippen LogP contribution in [0.3, 0.4) is 0 Å². The summed E-state index contributed by atoms with van der Waals surface area (Å²) in [6.07, 6.45) is 2.91. The highest BCUT2D eigenvalue weighted by Crippen LogP contribution is 2.40. The number of nitrogens with zero attached hydrogens (tertiary/aromatic N) is 3. The van der Waals surface area contributed by atoms with E-state index in [9.17, 15) is 9.59 Å². The average molecular weight is 481 g/mol. The smallest absolute Gasteiger partial charge is 0.267 e. The summed E-state index contributed by atoms with van der Waals surface area (Å²) >= 11 is 3.41. The van der Waals surface area contributed by atoms with Crippen LogP contribution in [0.15, 0.2) is 59.2 Å². The number of hydrogen-bond donors (Lipinski definition) is 1. The topological polar surface area (TPSA) is 76.5 Å². The number of amides is 2. The number of carbonyl (C=O) groups excluding carboxylic acids is 2. The van der Waals surface area contributed by atoms with Gasteiger partial charge in [-0.1, -0.05) is 28.1 Å². The maximum atomic E-state index is 13.7. The molecular weight excluding hydrogens is 460 g/mol. The fraction of sp³-hybridized carbons (Fsp3) is 0.261. The number of aryl methyl sites for hydroxylation is 1. The van der Waals surface area contributed by atoms with Crippen LogP contribution in [-0.2, 0) is 7.05 Å². The van der Waals surface area contributed by atoms with Crippen LogP contribution in [0, 0.1) is 0 Å². The molecule has 2 aliphatic heterocycles. The summed E-state index contributed by atoms with van der Waals surface area (Å²) in [4.78, 5) is 28.6. The summed E-state index contributed by atoms with van der Waals surface area (Å²) in [5.74, 6) is -0.186. The standard InChI is InChI=1S/C23H21BrN4O3/c1-27-12-7-19(26-27)15-3-2-4-16(13-15)21(29)28-22(30)18-14-17(24)5-6-20(18)31-23(28)8-10-25-11-9-23/h2-7,12-14,25H,8-11H2,1H3. The molecule has 1 N–H and O–H groups in total. The molecule has 0 unspecified atom stereocenters. The van der Waals surface area contributed by atoms with Gasteiger partial charge in [-0.2, -0.15) is 5.10 Å². The Balaban J connectivity index is 1.58. The minimum Gasteiger partial charge on any atom is -0.466 e. The Morgan fingerprint density at radius 1 is 1.16 bits per heavy atom. The number of hydrogen-bond acceptors (Lipinski definition) is 5. The first-order valence-electron chi connectivity index (χ1n) is 10.2. The zero-order valence-corrected chi connectivity index (χ0v) is 18.6. The van der Waals surface area contributed by atoms with Crippen LogP contribution >= 0.6 is 15.9 Å². The fourth-order valence-electron chi connectivity index (χ4n) is 4.24. The van der Waals surface area contributed by atoms with E-state index >= 15 is 0 Å². The molecular formula is C23H21BrN4O3. The van der Waals surface area contributed by atoms with Gasteiger partial charge in [0.15, 0.2) is 5.72 Å². The summed E-state index contributed by atoms with van der Waals surface area (Å²) < 4.78 is 8.84. The number of imide groups is 1. The van der Waals surface area contributed by atoms with Crippen molar-refractivity contribution in [2.45, 2.75) is 18.6 Å². The number of halogens is 1. The Morgan fingerprint density at radius 2 is 1.97 bits per heavy atom. The molecule has 1 spiro atoms. The van der Waals surface area contributed by atoms with E-state index in [1.54, 1.807) is 28.9 Å². The number of rotatable bonds is 2. The van der Waals surface area contributed by atoms with Gasteiger partial charge in [0.2, 0.25) is 0 Å². The molecule has 2 amide bonds. The van der Waals surface area contributed by atoms with Crippen molar-refractivity contribution in [3.63, 3.8) is 0 Å². The summed E-state index contributed by atoms with van der Waals surface area (Å²) in [6, 6.07) is 14.4. The first-order chi connectivity index (χ1) is 15.0. The normalized spacial score (nSPS) is 17.4. The van der Waals surface area contributed by atoms with Crippen molar-refractivity contribution in [2.24, 2.45) is 7.05 Å². The van der Waals surface area contributed by atoms with Crippen LogP contribution in [-0.4, -0.2) is 45.3 Å². The number of piperidine rings is 1. The molecule has 5 rings (SSSR count). The predicted octanol–water partition coefficient (Wildman–Crippen LogP) is 3.60. The Kier molecular flexibility index (Phi) is 4.91. The minimum absolute atomic E-state index is 0.335. The van der Waals surface area contributed by atoms with Gasteiger partial charge in [0.05, 0.1) is 11.3 Å². The van der Waals surface area contributed by atoms with Crippen molar-refractivity contribution in [3.05, 3.63) is 70.3 Å². The summed E-state index contributed by atoms with van der Waals surface area (Å²) in [6.45, 7) is 1.33. The lowest BCUT2D eigenvalue weighted by Gasteiger charge is -2.47. The summed E-state index contributed by atoms with van der Waals surface area (Å²) in [5, 5.41) is 7.71. The highest BCUT2D eigenvalue weighted by molar-refractivity contribution is 9.10. The van der Waals surface area contributed by atoms with Gasteiger partial charge in [-0.3, -0.25) is 14.3 Å². The molecule has 0 saturated carbocycles. The van der Waals surface area contributed by atoms with Gasteiger partial charge in [0.1, 0.15) is 5.75 Å². The second-order valence-electron chi connectivity index (χ2n) is 7.84. The van der Waals surface area contributed by atoms with E-state index in [2.05, 4.69) is 26.3 Å². The van der Waals surface area contributed by atoms with Crippen LogP contribution < -0.4 is 10.1 Å². The first-order valence-corrected chi connectivity index (χ1v) is 10.9. The van der Waals surface area contributed by atoms with E-state index in [4.69, 9.17) is 4.74 Å². The molecule has 0 bridgehead atoms. The number of aromatic nitrogens is 2. The molecule has 1 saturated heterocycles. The molecule has 3 heterocycles. The van der Waals surface area contributed by atoms with Gasteiger partial charge >= 0.3 is 0 Å². The Hall–Kier alpha value is -2.97. The van der Waals surface area contributed by atoms with E-state index in [1.165, 1.54) is 4.90 Å². The Bertz CT molecular complexity index is 1180. The van der Waals surface area contributed by atoms with Crippen molar-refractivity contribution in [2.75, 3.05) is 13.1 Å². The number of fused-ring (bicyclic) bond motifs is 1. The molecule has 2 aliphatic rings. The summed E-state index contributed by atoms with van der Waals surface area (Å²) in [5.41, 5.74) is 1.40. The van der Waals surface area contributed by atoms with Crippen LogP contribution in [0.25, 0.3) is 11.3 Å². The third-order valence-corrected chi connectivity index (χ3v) is 6.28. The lowest BCUT2D eigenvalue weighted by Crippen LogP contribution is -2.64. The number of benzene rings is 2. The molecule has 2 aromatic carbocycles. The van der Waals surface area contributed by atoms with Gasteiger partial charge in [-0.15, -0.1) is 0 Å². The van der Waals surface area contributed by atoms with E-state index in [0.29, 0.717) is 42.8 Å². The van der Waals surface area contributed by atoms with Gasteiger partial charge in [0, 0.05) is 54.8 Å². The van der Waals surface area contributed by atoms with Crippen molar-refractivity contribution in [1.82, 2.24) is 20.0 Å². The van der Waals surface area contributed by atoms with E-state index in [-0.39, 0.29) is 11.8 Å². The first kappa shape index (κ1) is 20.0. The summed E-state index contributed by atoms with van der Waals surface area (Å²) in [7, 11) is 1.85. The van der Waals surface area contributed by atoms with Gasteiger partial charge in [-0.25, -0.2) is 4.90 Å². The van der Waals surface area contributed by atoms with Gasteiger partial charge in [-0.05, 0) is 36.4 Å². The lowest BCUT2D eigenvalue weighted by atomic mass is 9.94. The minimum atomic E-state index is -0.999. The third-order valence-electron chi connectivity index (χ3n) is 5.79. The maximum Gasteiger partial charge on any atom is 0.267 e. The molecule has 1 fully saturated rings. The molecule has 0 atom stereocenters. The second-order valence-corrected chi connectivity index (χ2v) is 8.76. The third kappa shape index (κ3) is 3.45. The van der Waals surface area contributed by atoms with Crippen LogP contribution in [0.4, 0.5) is 0 Å². The molecule has 31 heavy (non-hydrogen) atoms. The van der Waals surface area contributed by atoms with E-state index in [1.807, 2.05) is 37.5 Å². The second kappa shape index (κ2) is 7.62. The van der Waals surface area contributed by atoms with Crippen molar-refractivity contribution < 1.29 is 14.3 Å². The van der Waals surface area contributed by atoms with Crippen LogP contribution in [0.5, 0.6) is 5.75 Å². The average Bonchev–Trinajstić information content (AvgIpc) is 3.21. The van der Waals surface area contributed by atoms with E-state index < -0.39 is 5.72 Å². The van der Waals surface area contributed by atoms with Crippen LogP contribution in [0.1, 0.15) is 33.6 Å². The Labute approximate surface area is 188 Å². The number of carbonyl (C=O) groups is 2. The van der Waals surface area contributed by atoms with Gasteiger partial charge in [0.25, 0.3) is 11.8 Å². The zero-order chi connectivity index (χ0) is 21.6. The van der Waals surface area contributed by atoms with Crippen molar-refractivity contribution in [3.8, 4) is 17.0 Å². The van der Waals surface area contributed by atoms with Crippen molar-refractivity contribution in [1.29, 1.82) is 0 Å². The van der Waals surface area contributed by atoms with E-state index in [0.717, 1.165) is 15.7 Å². The highest BCUT2D eigenvalue weighted by atomic mass is 79.9. The quantitative estimate of drug-likeness (QED) is 0.567. The monoisotopic (exact) mass is 480 g/mol. The fourth-order valence-corrected chi connectivity index (χ4v) is 4.61. The Morgan fingerprint density at radius 3 is 2.71 bits per heavy atom. The number of ether oxygens (including phenoxy) is 1. The molecule has 8 heteroatoms. The molecule has 0 aliphatic carbocycles. The largest absolute Gasteiger partial charge is 0.466 e. The van der Waals surface area contributed by atoms with Crippen LogP contribution in [0.2, 0.25) is 0 Å². The zero-order valence-electron chi connectivity index (χ0n) is 17.0. The molecule has 158 valence electrons.